The van der Waals surface area contributed by atoms with E-state index in [0.29, 0.717) is 0 Å². The summed E-state index contributed by atoms with van der Waals surface area (Å²) in [5.41, 5.74) is 5.05. The molecule has 16 heteroatoms. The average Bonchev–Trinajstić information content (AvgIpc) is 3.28. The fraction of sp³-hybridized carbons (Fsp3) is 0.571. The van der Waals surface area contributed by atoms with Crippen LogP contribution in [-0.4, -0.2) is 83.6 Å². The van der Waals surface area contributed by atoms with Gasteiger partial charge in [0.25, 0.3) is 5.56 Å². The van der Waals surface area contributed by atoms with Crippen LogP contribution in [0.25, 0.3) is 11.2 Å². The Morgan fingerprint density at radius 3 is 2.87 bits per heavy atom. The first-order valence-electron chi connectivity index (χ1n) is 8.61. The first kappa shape index (κ1) is 22.5. The fourth-order valence-electron chi connectivity index (χ4n) is 2.94. The van der Waals surface area contributed by atoms with Crippen LogP contribution in [0.4, 0.5) is 5.95 Å². The van der Waals surface area contributed by atoms with Crippen LogP contribution in [0.3, 0.4) is 0 Å². The Morgan fingerprint density at radius 1 is 1.50 bits per heavy atom. The number of carbonyl (C=O) groups is 1. The summed E-state index contributed by atoms with van der Waals surface area (Å²) >= 11 is 0. The number of nitrogens with two attached hydrogens (primary N) is 1. The Hall–Kier alpha value is -2.23. The standard InChI is InChI=1S/C14H20N5O10P/c15-14-17-12-11(13(24)18-14)16-5-19(12)10-1-7(9(4-22)27-10)28-30(25,26)29-8(3-21)6(23)2-20/h3,5-10,20,22-23H,1-2,4H2,(H,25,26)(H3,15,17,18,24)/t6?,7-,8?,9+,10+/m0/s1. The monoisotopic (exact) mass is 449 g/mol. The minimum atomic E-state index is -4.91. The van der Waals surface area contributed by atoms with Crippen molar-refractivity contribution in [3.05, 3.63) is 16.7 Å². The van der Waals surface area contributed by atoms with E-state index >= 15 is 0 Å². The van der Waals surface area contributed by atoms with Crippen molar-refractivity contribution in [1.29, 1.82) is 0 Å². The van der Waals surface area contributed by atoms with Crippen LogP contribution in [0.15, 0.2) is 11.1 Å². The van der Waals surface area contributed by atoms with Crippen molar-refractivity contribution in [2.45, 2.75) is 37.1 Å². The number of nitrogen functional groups attached to an aromatic ring is 1. The zero-order valence-corrected chi connectivity index (χ0v) is 16.2. The largest absolute Gasteiger partial charge is 0.473 e. The molecule has 6 atom stereocenters. The van der Waals surface area contributed by atoms with Crippen LogP contribution >= 0.6 is 7.82 Å². The van der Waals surface area contributed by atoms with Crippen LogP contribution in [-0.2, 0) is 23.1 Å². The van der Waals surface area contributed by atoms with E-state index < -0.39 is 57.2 Å². The number of phosphoric ester groups is 1. The van der Waals surface area contributed by atoms with Crippen molar-refractivity contribution >= 4 is 31.2 Å². The molecule has 1 fully saturated rings. The lowest BCUT2D eigenvalue weighted by atomic mass is 10.2. The Labute approximate surface area is 167 Å². The molecule has 3 heterocycles. The van der Waals surface area contributed by atoms with E-state index in [0.717, 1.165) is 0 Å². The number of hydrogen-bond acceptors (Lipinski definition) is 12. The SMILES string of the molecule is Nc1nc2c(ncn2[C@H]2C[C@H](OP(=O)(O)OC(C=O)C(O)CO)[C@@H](CO)O2)c(=O)[nH]1. The van der Waals surface area contributed by atoms with Crippen molar-refractivity contribution in [1.82, 2.24) is 19.5 Å². The summed E-state index contributed by atoms with van der Waals surface area (Å²) in [5.74, 6) is -0.158. The minimum Gasteiger partial charge on any atom is -0.394 e. The highest BCUT2D eigenvalue weighted by atomic mass is 31.2. The van der Waals surface area contributed by atoms with Gasteiger partial charge in [0.15, 0.2) is 23.6 Å². The summed E-state index contributed by atoms with van der Waals surface area (Å²) < 4.78 is 28.8. The lowest BCUT2D eigenvalue weighted by molar-refractivity contribution is -0.122. The predicted molar refractivity (Wildman–Crippen MR) is 96.9 cm³/mol. The number of aldehydes is 1. The smallest absolute Gasteiger partial charge is 0.394 e. The molecule has 1 saturated heterocycles. The molecule has 3 unspecified atom stereocenters. The van der Waals surface area contributed by atoms with Gasteiger partial charge in [-0.1, -0.05) is 0 Å². The summed E-state index contributed by atoms with van der Waals surface area (Å²) in [5, 5.41) is 27.8. The van der Waals surface area contributed by atoms with E-state index in [1.807, 2.05) is 0 Å². The van der Waals surface area contributed by atoms with Gasteiger partial charge in [-0.05, 0) is 0 Å². The van der Waals surface area contributed by atoms with Gasteiger partial charge in [0.2, 0.25) is 5.95 Å². The molecule has 0 radical (unpaired) electrons. The number of hydrogen-bond donors (Lipinski definition) is 6. The van der Waals surface area contributed by atoms with Crippen molar-refractivity contribution in [3.63, 3.8) is 0 Å². The first-order chi connectivity index (χ1) is 14.2. The van der Waals surface area contributed by atoms with Gasteiger partial charge in [0.1, 0.15) is 24.5 Å². The number of H-pyrrole nitrogens is 1. The van der Waals surface area contributed by atoms with Gasteiger partial charge in [-0.15, -0.1) is 0 Å². The Morgan fingerprint density at radius 2 is 2.23 bits per heavy atom. The predicted octanol–water partition coefficient (Wildman–Crippen LogP) is -2.60. The number of imidazole rings is 1. The van der Waals surface area contributed by atoms with Gasteiger partial charge >= 0.3 is 7.82 Å². The number of anilines is 1. The van der Waals surface area contributed by atoms with Crippen molar-refractivity contribution in [3.8, 4) is 0 Å². The highest BCUT2D eigenvalue weighted by Gasteiger charge is 2.43. The maximum atomic E-state index is 12.2. The zero-order valence-electron chi connectivity index (χ0n) is 15.3. The average molecular weight is 449 g/mol. The molecule has 2 aromatic heterocycles. The van der Waals surface area contributed by atoms with Crippen molar-refractivity contribution in [2.24, 2.45) is 0 Å². The van der Waals surface area contributed by atoms with E-state index in [9.17, 15) is 29.3 Å². The number of rotatable bonds is 9. The topological polar surface area (TPSA) is 232 Å². The lowest BCUT2D eigenvalue weighted by Gasteiger charge is -2.23. The number of carbonyl (C=O) groups excluding carboxylic acids is 1. The lowest BCUT2D eigenvalue weighted by Crippen LogP contribution is -2.34. The van der Waals surface area contributed by atoms with E-state index in [-0.39, 0.29) is 29.8 Å². The molecule has 1 aliphatic rings. The van der Waals surface area contributed by atoms with Gasteiger partial charge in [-0.2, -0.15) is 4.98 Å². The molecule has 0 spiro atoms. The normalized spacial score (nSPS) is 25.8. The molecular formula is C14H20N5O10P. The molecule has 30 heavy (non-hydrogen) atoms. The Kier molecular flexibility index (Phi) is 6.64. The molecule has 3 rings (SSSR count). The van der Waals surface area contributed by atoms with E-state index in [1.165, 1.54) is 10.9 Å². The van der Waals surface area contributed by atoms with Gasteiger partial charge in [0.05, 0.1) is 19.5 Å². The highest BCUT2D eigenvalue weighted by Crippen LogP contribution is 2.49. The molecule has 0 saturated carbocycles. The van der Waals surface area contributed by atoms with E-state index in [4.69, 9.17) is 20.1 Å². The molecule has 166 valence electrons. The first-order valence-corrected chi connectivity index (χ1v) is 10.1. The molecule has 0 aromatic carbocycles. The maximum absolute atomic E-state index is 12.2. The minimum absolute atomic E-state index is 0.0132. The fourth-order valence-corrected chi connectivity index (χ4v) is 4.05. The second kappa shape index (κ2) is 8.87. The maximum Gasteiger partial charge on any atom is 0.473 e. The molecule has 2 aromatic rings. The molecule has 0 aliphatic carbocycles. The summed E-state index contributed by atoms with van der Waals surface area (Å²) in [6.07, 6.45) is -5.49. The molecular weight excluding hydrogens is 429 g/mol. The number of phosphoric acid groups is 1. The molecule has 1 aliphatic heterocycles. The third-order valence-electron chi connectivity index (χ3n) is 4.35. The van der Waals surface area contributed by atoms with Crippen molar-refractivity contribution in [2.75, 3.05) is 18.9 Å². The van der Waals surface area contributed by atoms with Gasteiger partial charge in [-0.3, -0.25) is 23.4 Å². The zero-order chi connectivity index (χ0) is 22.1. The molecule has 0 amide bonds. The second-order valence-electron chi connectivity index (χ2n) is 6.39. The van der Waals surface area contributed by atoms with Crippen LogP contribution in [0.1, 0.15) is 12.6 Å². The number of aromatic amines is 1. The number of aromatic nitrogens is 4. The quantitative estimate of drug-likeness (QED) is 0.170. The molecule has 15 nitrogen and oxygen atoms in total. The van der Waals surface area contributed by atoms with Crippen LogP contribution < -0.4 is 11.3 Å². The molecule has 7 N–H and O–H groups in total. The van der Waals surface area contributed by atoms with E-state index in [1.54, 1.807) is 0 Å². The number of ether oxygens (including phenoxy) is 1. The number of aliphatic hydroxyl groups excluding tert-OH is 3. The highest BCUT2D eigenvalue weighted by molar-refractivity contribution is 7.47. The number of nitrogens with one attached hydrogen (secondary N) is 1. The molecule has 0 bridgehead atoms. The van der Waals surface area contributed by atoms with Gasteiger partial charge < -0.3 is 35.5 Å². The number of aliphatic hydroxyl groups is 3. The summed E-state index contributed by atoms with van der Waals surface area (Å²) in [4.78, 5) is 43.0. The summed E-state index contributed by atoms with van der Waals surface area (Å²) in [6.45, 7) is -1.49. The Bertz CT molecular complexity index is 1010. The number of nitrogens with zero attached hydrogens (tertiary/aromatic N) is 3. The third kappa shape index (κ3) is 4.58. The summed E-state index contributed by atoms with van der Waals surface area (Å²) in [6, 6.07) is 0. The van der Waals surface area contributed by atoms with Gasteiger partial charge in [0, 0.05) is 6.42 Å². The van der Waals surface area contributed by atoms with Crippen LogP contribution in [0, 0.1) is 0 Å². The van der Waals surface area contributed by atoms with E-state index in [2.05, 4.69) is 19.5 Å². The van der Waals surface area contributed by atoms with Gasteiger partial charge in [-0.25, -0.2) is 9.55 Å². The van der Waals surface area contributed by atoms with Crippen LogP contribution in [0.2, 0.25) is 0 Å². The number of fused-ring (bicyclic) bond motifs is 1. The third-order valence-corrected chi connectivity index (χ3v) is 5.39. The Balaban J connectivity index is 1.79. The summed E-state index contributed by atoms with van der Waals surface area (Å²) in [7, 11) is -4.91. The van der Waals surface area contributed by atoms with Crippen molar-refractivity contribution < 1.29 is 43.4 Å². The van der Waals surface area contributed by atoms with Crippen LogP contribution in [0.5, 0.6) is 0 Å². The second-order valence-corrected chi connectivity index (χ2v) is 7.75.